The number of rotatable bonds is 6. The van der Waals surface area contributed by atoms with Crippen LogP contribution in [0, 0.1) is 5.92 Å². The van der Waals surface area contributed by atoms with Crippen LogP contribution in [0.25, 0.3) is 6.08 Å². The molecule has 33 heavy (non-hydrogen) atoms. The number of nitrogens with zero attached hydrogens (tertiary/aromatic N) is 1. The molecule has 5 nitrogen and oxygen atoms in total. The standard InChI is InChI=1S/C27H25NO4S/c1-33(30,31)32-18-24(20-11-4-2-5-12-20)28-26(21-13-6-3-7-14-21)23-17-16-19-10-8-9-15-22(19)25(23)27(28)29/h2-17,23-26H,18H2,1H3/t23-,24+,25+,26+/m1/s1. The van der Waals surface area contributed by atoms with Crippen molar-refractivity contribution in [1.29, 1.82) is 0 Å². The molecular weight excluding hydrogens is 434 g/mol. The van der Waals surface area contributed by atoms with Crippen LogP contribution in [0.15, 0.2) is 91.0 Å². The van der Waals surface area contributed by atoms with Gasteiger partial charge in [0.25, 0.3) is 10.1 Å². The zero-order valence-corrected chi connectivity index (χ0v) is 19.1. The van der Waals surface area contributed by atoms with Gasteiger partial charge in [0.05, 0.1) is 30.9 Å². The van der Waals surface area contributed by atoms with Gasteiger partial charge < -0.3 is 4.90 Å². The van der Waals surface area contributed by atoms with Crippen molar-refractivity contribution in [1.82, 2.24) is 4.90 Å². The van der Waals surface area contributed by atoms with Crippen molar-refractivity contribution < 1.29 is 17.4 Å². The van der Waals surface area contributed by atoms with E-state index in [2.05, 4.69) is 12.2 Å². The molecule has 3 aromatic rings. The van der Waals surface area contributed by atoms with E-state index in [1.807, 2.05) is 89.8 Å². The quantitative estimate of drug-likeness (QED) is 0.501. The highest BCUT2D eigenvalue weighted by Gasteiger charge is 2.52. The van der Waals surface area contributed by atoms with Crippen molar-refractivity contribution in [3.63, 3.8) is 0 Å². The fourth-order valence-corrected chi connectivity index (χ4v) is 5.50. The van der Waals surface area contributed by atoms with E-state index in [0.717, 1.165) is 28.5 Å². The van der Waals surface area contributed by atoms with Crippen LogP contribution in [0.2, 0.25) is 0 Å². The molecule has 1 fully saturated rings. The predicted molar refractivity (Wildman–Crippen MR) is 128 cm³/mol. The first-order chi connectivity index (χ1) is 15.9. The van der Waals surface area contributed by atoms with Crippen LogP contribution in [0.3, 0.4) is 0 Å². The highest BCUT2D eigenvalue weighted by Crippen LogP contribution is 2.53. The smallest absolute Gasteiger partial charge is 0.264 e. The molecular formula is C27H25NO4S. The summed E-state index contributed by atoms with van der Waals surface area (Å²) in [5.41, 5.74) is 3.91. The summed E-state index contributed by atoms with van der Waals surface area (Å²) < 4.78 is 29.1. The molecule has 0 bridgehead atoms. The first-order valence-electron chi connectivity index (χ1n) is 11.0. The van der Waals surface area contributed by atoms with Crippen LogP contribution in [0.5, 0.6) is 0 Å². The minimum atomic E-state index is -3.68. The third-order valence-corrected chi connectivity index (χ3v) is 7.06. The molecule has 1 aliphatic carbocycles. The third kappa shape index (κ3) is 4.12. The van der Waals surface area contributed by atoms with E-state index in [1.165, 1.54) is 0 Å². The molecule has 2 aliphatic rings. The van der Waals surface area contributed by atoms with Gasteiger partial charge in [-0.15, -0.1) is 0 Å². The lowest BCUT2D eigenvalue weighted by molar-refractivity contribution is -0.133. The van der Waals surface area contributed by atoms with E-state index in [4.69, 9.17) is 4.18 Å². The zero-order chi connectivity index (χ0) is 23.0. The lowest BCUT2D eigenvalue weighted by atomic mass is 9.77. The monoisotopic (exact) mass is 459 g/mol. The van der Waals surface area contributed by atoms with Gasteiger partial charge in [-0.2, -0.15) is 8.42 Å². The van der Waals surface area contributed by atoms with Gasteiger partial charge in [-0.05, 0) is 22.3 Å². The maximum absolute atomic E-state index is 14.1. The van der Waals surface area contributed by atoms with Crippen LogP contribution in [-0.4, -0.2) is 32.1 Å². The summed E-state index contributed by atoms with van der Waals surface area (Å²) in [5.74, 6) is -0.420. The number of hydrogen-bond donors (Lipinski definition) is 0. The Labute approximate surface area is 194 Å². The van der Waals surface area contributed by atoms with Gasteiger partial charge in [-0.25, -0.2) is 0 Å². The number of amides is 1. The molecule has 1 heterocycles. The third-order valence-electron chi connectivity index (χ3n) is 6.50. The molecule has 0 unspecified atom stereocenters. The zero-order valence-electron chi connectivity index (χ0n) is 18.2. The van der Waals surface area contributed by atoms with Gasteiger partial charge in [0.2, 0.25) is 5.91 Å². The van der Waals surface area contributed by atoms with Gasteiger partial charge in [0.15, 0.2) is 0 Å². The number of likely N-dealkylation sites (tertiary alicyclic amines) is 1. The molecule has 0 aromatic heterocycles. The average molecular weight is 460 g/mol. The second kappa shape index (κ2) is 8.61. The fraction of sp³-hybridized carbons (Fsp3) is 0.222. The van der Waals surface area contributed by atoms with Crippen molar-refractivity contribution in [2.45, 2.75) is 18.0 Å². The highest BCUT2D eigenvalue weighted by atomic mass is 32.2. The Kier molecular flexibility index (Phi) is 5.64. The Morgan fingerprint density at radius 2 is 1.55 bits per heavy atom. The Bertz CT molecular complexity index is 1290. The molecule has 5 rings (SSSR count). The van der Waals surface area contributed by atoms with Crippen molar-refractivity contribution in [3.8, 4) is 0 Å². The van der Waals surface area contributed by atoms with Gasteiger partial charge in [-0.1, -0.05) is 97.1 Å². The Morgan fingerprint density at radius 1 is 0.909 bits per heavy atom. The average Bonchev–Trinajstić information content (AvgIpc) is 3.12. The molecule has 1 amide bonds. The summed E-state index contributed by atoms with van der Waals surface area (Å²) >= 11 is 0. The molecule has 0 radical (unpaired) electrons. The number of carbonyl (C=O) groups is 1. The molecule has 6 heteroatoms. The van der Waals surface area contributed by atoms with Crippen molar-refractivity contribution >= 4 is 22.1 Å². The van der Waals surface area contributed by atoms with Crippen molar-refractivity contribution in [3.05, 3.63) is 113 Å². The van der Waals surface area contributed by atoms with Gasteiger partial charge in [0, 0.05) is 5.92 Å². The molecule has 0 spiro atoms. The Balaban J connectivity index is 1.66. The number of hydrogen-bond acceptors (Lipinski definition) is 4. The lowest BCUT2D eigenvalue weighted by Gasteiger charge is -2.35. The number of fused-ring (bicyclic) bond motifs is 3. The van der Waals surface area contributed by atoms with Crippen LogP contribution in [0.4, 0.5) is 0 Å². The lowest BCUT2D eigenvalue weighted by Crippen LogP contribution is -2.36. The Morgan fingerprint density at radius 3 is 2.24 bits per heavy atom. The summed E-state index contributed by atoms with van der Waals surface area (Å²) in [6.07, 6.45) is 5.25. The molecule has 1 aliphatic heterocycles. The minimum Gasteiger partial charge on any atom is -0.325 e. The molecule has 3 aromatic carbocycles. The normalized spacial score (nSPS) is 22.6. The van der Waals surface area contributed by atoms with Crippen molar-refractivity contribution in [2.24, 2.45) is 5.92 Å². The maximum atomic E-state index is 14.1. The van der Waals surface area contributed by atoms with E-state index in [-0.39, 0.29) is 30.4 Å². The van der Waals surface area contributed by atoms with E-state index >= 15 is 0 Å². The molecule has 168 valence electrons. The van der Waals surface area contributed by atoms with E-state index in [0.29, 0.717) is 0 Å². The largest absolute Gasteiger partial charge is 0.325 e. The molecule has 1 saturated heterocycles. The van der Waals surface area contributed by atoms with Crippen LogP contribution in [0.1, 0.15) is 40.3 Å². The highest BCUT2D eigenvalue weighted by molar-refractivity contribution is 7.85. The number of benzene rings is 3. The minimum absolute atomic E-state index is 0.0170. The summed E-state index contributed by atoms with van der Waals surface area (Å²) in [7, 11) is -3.68. The van der Waals surface area contributed by atoms with Crippen LogP contribution in [-0.2, 0) is 19.1 Å². The summed E-state index contributed by atoms with van der Waals surface area (Å²) in [6.45, 7) is -0.136. The second-order valence-electron chi connectivity index (χ2n) is 8.56. The predicted octanol–water partition coefficient (Wildman–Crippen LogP) is 4.71. The van der Waals surface area contributed by atoms with Gasteiger partial charge in [-0.3, -0.25) is 8.98 Å². The summed E-state index contributed by atoms with van der Waals surface area (Å²) in [6, 6.07) is 26.6. The van der Waals surface area contributed by atoms with Crippen LogP contribution >= 0.6 is 0 Å². The second-order valence-corrected chi connectivity index (χ2v) is 10.2. The molecule has 4 atom stereocenters. The topological polar surface area (TPSA) is 63.7 Å². The molecule has 0 saturated carbocycles. The Hall–Kier alpha value is -3.22. The summed E-state index contributed by atoms with van der Waals surface area (Å²) in [5, 5.41) is 0. The molecule has 0 N–H and O–H groups in total. The number of carbonyl (C=O) groups excluding carboxylic acids is 1. The van der Waals surface area contributed by atoms with Crippen LogP contribution < -0.4 is 0 Å². The first kappa shape index (κ1) is 21.6. The SMILES string of the molecule is CS(=O)(=O)OC[C@@H](c1ccccc1)N1C(=O)[C@H]2c3ccccc3C=C[C@H]2[C@@H]1c1ccccc1. The maximum Gasteiger partial charge on any atom is 0.264 e. The van der Waals surface area contributed by atoms with E-state index in [1.54, 1.807) is 0 Å². The van der Waals surface area contributed by atoms with Gasteiger partial charge >= 0.3 is 0 Å². The van der Waals surface area contributed by atoms with E-state index < -0.39 is 16.2 Å². The first-order valence-corrected chi connectivity index (χ1v) is 12.8. The van der Waals surface area contributed by atoms with Crippen molar-refractivity contribution in [2.75, 3.05) is 12.9 Å². The van der Waals surface area contributed by atoms with Gasteiger partial charge in [0.1, 0.15) is 0 Å². The fourth-order valence-electron chi connectivity index (χ4n) is 5.13. The summed E-state index contributed by atoms with van der Waals surface area (Å²) in [4.78, 5) is 16.0. The van der Waals surface area contributed by atoms with E-state index in [9.17, 15) is 13.2 Å².